The van der Waals surface area contributed by atoms with Crippen molar-refractivity contribution < 1.29 is 9.59 Å². The summed E-state index contributed by atoms with van der Waals surface area (Å²) in [5, 5.41) is 16.9. The van der Waals surface area contributed by atoms with Crippen LogP contribution in [0, 0.1) is 0 Å². The van der Waals surface area contributed by atoms with Gasteiger partial charge in [-0.3, -0.25) is 14.5 Å². The second kappa shape index (κ2) is 8.06. The first kappa shape index (κ1) is 19.8. The molecule has 9 heteroatoms. The molecule has 0 unspecified atom stereocenters. The van der Waals surface area contributed by atoms with Crippen LogP contribution in [-0.2, 0) is 22.4 Å². The molecule has 0 radical (unpaired) electrons. The second-order valence-electron chi connectivity index (χ2n) is 7.06. The molecule has 2 aliphatic rings. The summed E-state index contributed by atoms with van der Waals surface area (Å²) in [5.41, 5.74) is 5.31. The van der Waals surface area contributed by atoms with Crippen LogP contribution in [0.5, 0.6) is 0 Å². The van der Waals surface area contributed by atoms with Gasteiger partial charge < -0.3 is 5.32 Å². The van der Waals surface area contributed by atoms with E-state index in [1.165, 1.54) is 5.56 Å². The number of carbonyl (C=O) groups excluding carboxylic acids is 2. The van der Waals surface area contributed by atoms with Crippen molar-refractivity contribution in [3.05, 3.63) is 47.5 Å². The normalized spacial score (nSPS) is 15.7. The number of aryl methyl sites for hydroxylation is 1. The van der Waals surface area contributed by atoms with E-state index in [-0.39, 0.29) is 47.8 Å². The molecular weight excluding hydrogens is 379 g/mol. The second-order valence-corrected chi connectivity index (χ2v) is 7.06. The summed E-state index contributed by atoms with van der Waals surface area (Å²) >= 11 is 0. The number of hydrogen-bond acceptors (Lipinski definition) is 5. The first-order chi connectivity index (χ1) is 13.7. The van der Waals surface area contributed by atoms with Gasteiger partial charge in [0.2, 0.25) is 11.8 Å². The van der Waals surface area contributed by atoms with Crippen molar-refractivity contribution in [1.29, 1.82) is 0 Å². The Labute approximate surface area is 189 Å². The molecule has 1 aliphatic carbocycles. The van der Waals surface area contributed by atoms with E-state index in [0.29, 0.717) is 17.2 Å². The van der Waals surface area contributed by atoms with E-state index in [4.69, 9.17) is 0 Å². The van der Waals surface area contributed by atoms with E-state index >= 15 is 0 Å². The quantitative estimate of drug-likeness (QED) is 0.508. The SMILES string of the molecule is O=C1CC(=O)N(c2cccc(-c3nnn[nH]3)c2)c2ccc3c(c2N1)CCCC3.[NaH]. The number of anilines is 3. The summed E-state index contributed by atoms with van der Waals surface area (Å²) in [6, 6.07) is 11.4. The number of amides is 2. The van der Waals surface area contributed by atoms with Crippen LogP contribution in [0.1, 0.15) is 30.4 Å². The van der Waals surface area contributed by atoms with Crippen molar-refractivity contribution in [3.8, 4) is 11.4 Å². The number of carbonyl (C=O) groups is 2. The maximum absolute atomic E-state index is 13.0. The van der Waals surface area contributed by atoms with E-state index < -0.39 is 0 Å². The van der Waals surface area contributed by atoms with Gasteiger partial charge in [0.05, 0.1) is 11.4 Å². The van der Waals surface area contributed by atoms with E-state index in [9.17, 15) is 9.59 Å². The number of fused-ring (bicyclic) bond motifs is 3. The predicted octanol–water partition coefficient (Wildman–Crippen LogP) is 2.10. The zero-order valence-corrected chi connectivity index (χ0v) is 15.1. The molecule has 1 aliphatic heterocycles. The zero-order valence-electron chi connectivity index (χ0n) is 15.1. The minimum atomic E-state index is -0.275. The number of rotatable bonds is 2. The first-order valence-corrected chi connectivity index (χ1v) is 9.32. The van der Waals surface area contributed by atoms with E-state index in [1.54, 1.807) is 4.90 Å². The number of nitrogens with one attached hydrogen (secondary N) is 2. The van der Waals surface area contributed by atoms with Crippen LogP contribution in [0.2, 0.25) is 0 Å². The molecule has 0 bridgehead atoms. The predicted molar refractivity (Wildman–Crippen MR) is 110 cm³/mol. The van der Waals surface area contributed by atoms with Gasteiger partial charge in [0, 0.05) is 11.3 Å². The molecular formula is C20H19N6NaO2. The van der Waals surface area contributed by atoms with Crippen LogP contribution in [0.4, 0.5) is 17.1 Å². The number of nitrogens with zero attached hydrogens (tertiary/aromatic N) is 4. The molecule has 0 saturated carbocycles. The van der Waals surface area contributed by atoms with Crippen LogP contribution in [-0.4, -0.2) is 62.0 Å². The van der Waals surface area contributed by atoms with Gasteiger partial charge in [0.1, 0.15) is 6.42 Å². The standard InChI is InChI=1S/C20H18N6O2.Na.H/c27-17-11-18(28)26(14-6-3-5-13(10-14)20-22-24-25-23-20)16-9-8-12-4-1-2-7-15(12)19(16)21-17;;/h3,5-6,8-10H,1-2,4,7,11H2,(H,21,27)(H,22,23,24,25);;. The molecule has 29 heavy (non-hydrogen) atoms. The van der Waals surface area contributed by atoms with Gasteiger partial charge in [-0.1, -0.05) is 18.2 Å². The number of hydrogen-bond donors (Lipinski definition) is 2. The summed E-state index contributed by atoms with van der Waals surface area (Å²) in [7, 11) is 0. The monoisotopic (exact) mass is 398 g/mol. The molecule has 2 N–H and O–H groups in total. The summed E-state index contributed by atoms with van der Waals surface area (Å²) in [4.78, 5) is 27.0. The third kappa shape index (κ3) is 3.59. The van der Waals surface area contributed by atoms with Crippen molar-refractivity contribution in [3.63, 3.8) is 0 Å². The number of tetrazole rings is 1. The molecule has 2 heterocycles. The molecule has 1 aromatic heterocycles. The van der Waals surface area contributed by atoms with Crippen molar-refractivity contribution >= 4 is 58.4 Å². The van der Waals surface area contributed by atoms with Gasteiger partial charge in [-0.15, -0.1) is 5.10 Å². The Balaban J connectivity index is 0.00000205. The van der Waals surface area contributed by atoms with Gasteiger partial charge in [0.15, 0.2) is 5.82 Å². The molecule has 142 valence electrons. The fourth-order valence-electron chi connectivity index (χ4n) is 4.03. The van der Waals surface area contributed by atoms with Crippen molar-refractivity contribution in [2.24, 2.45) is 0 Å². The van der Waals surface area contributed by atoms with Crippen LogP contribution in [0.3, 0.4) is 0 Å². The molecule has 0 saturated heterocycles. The maximum atomic E-state index is 13.0. The van der Waals surface area contributed by atoms with Gasteiger partial charge in [0.25, 0.3) is 0 Å². The van der Waals surface area contributed by atoms with Crippen molar-refractivity contribution in [2.45, 2.75) is 32.1 Å². The van der Waals surface area contributed by atoms with E-state index in [2.05, 4.69) is 32.0 Å². The summed E-state index contributed by atoms with van der Waals surface area (Å²) < 4.78 is 0. The van der Waals surface area contributed by atoms with Gasteiger partial charge in [-0.05, 0) is 65.4 Å². The Bertz CT molecular complexity index is 1080. The minimum absolute atomic E-state index is 0. The Kier molecular flexibility index (Phi) is 5.49. The summed E-state index contributed by atoms with van der Waals surface area (Å²) in [5.74, 6) is -0.0212. The van der Waals surface area contributed by atoms with Crippen LogP contribution in [0.15, 0.2) is 36.4 Å². The molecule has 0 atom stereocenters. The first-order valence-electron chi connectivity index (χ1n) is 9.32. The average molecular weight is 398 g/mol. The number of aromatic nitrogens is 4. The van der Waals surface area contributed by atoms with Crippen molar-refractivity contribution in [2.75, 3.05) is 10.2 Å². The average Bonchev–Trinajstić information content (AvgIpc) is 3.20. The topological polar surface area (TPSA) is 104 Å². The molecule has 3 aromatic rings. The molecule has 8 nitrogen and oxygen atoms in total. The van der Waals surface area contributed by atoms with Gasteiger partial charge >= 0.3 is 29.6 Å². The molecule has 2 aromatic carbocycles. The number of benzene rings is 2. The third-order valence-corrected chi connectivity index (χ3v) is 5.30. The van der Waals surface area contributed by atoms with Crippen LogP contribution >= 0.6 is 0 Å². The Morgan fingerprint density at radius 3 is 2.72 bits per heavy atom. The number of aromatic amines is 1. The zero-order chi connectivity index (χ0) is 19.1. The van der Waals surface area contributed by atoms with E-state index in [0.717, 1.165) is 42.5 Å². The number of H-pyrrole nitrogens is 1. The van der Waals surface area contributed by atoms with Gasteiger partial charge in [-0.25, -0.2) is 5.10 Å². The van der Waals surface area contributed by atoms with Crippen LogP contribution < -0.4 is 10.2 Å². The summed E-state index contributed by atoms with van der Waals surface area (Å²) in [6.45, 7) is 0. The fourth-order valence-corrected chi connectivity index (χ4v) is 4.03. The van der Waals surface area contributed by atoms with Crippen molar-refractivity contribution in [1.82, 2.24) is 20.6 Å². The Morgan fingerprint density at radius 2 is 1.90 bits per heavy atom. The molecule has 0 fully saturated rings. The van der Waals surface area contributed by atoms with Crippen LogP contribution in [0.25, 0.3) is 11.4 Å². The van der Waals surface area contributed by atoms with Gasteiger partial charge in [-0.2, -0.15) is 0 Å². The summed E-state index contributed by atoms with van der Waals surface area (Å²) in [6.07, 6.45) is 3.94. The molecule has 2 amide bonds. The Hall–Kier alpha value is -2.55. The van der Waals surface area contributed by atoms with E-state index in [1.807, 2.05) is 30.3 Å². The molecule has 0 spiro atoms. The third-order valence-electron chi connectivity index (χ3n) is 5.30. The molecule has 5 rings (SSSR count). The fraction of sp³-hybridized carbons (Fsp3) is 0.250. The Morgan fingerprint density at radius 1 is 1.03 bits per heavy atom.